The highest BCUT2D eigenvalue weighted by atomic mass is 15.1. The van der Waals surface area contributed by atoms with Gasteiger partial charge < -0.3 is 4.90 Å². The lowest BCUT2D eigenvalue weighted by molar-refractivity contribution is 0.590. The van der Waals surface area contributed by atoms with Gasteiger partial charge in [-0.05, 0) is 119 Å². The Kier molecular flexibility index (Phi) is 9.14. The fraction of sp³-hybridized carbons (Fsp3) is 0.119. The minimum Gasteiger partial charge on any atom is -0.310 e. The zero-order chi connectivity index (χ0) is 41.0. The minimum absolute atomic E-state index is 0.0783. The van der Waals surface area contributed by atoms with Crippen LogP contribution in [-0.4, -0.2) is 0 Å². The molecule has 9 aromatic rings. The number of hydrogen-bond acceptors (Lipinski definition) is 1. The number of hydrogen-bond donors (Lipinski definition) is 0. The van der Waals surface area contributed by atoms with E-state index in [2.05, 4.69) is 246 Å². The lowest BCUT2D eigenvalue weighted by Crippen LogP contribution is -2.15. The first kappa shape index (κ1) is 37.3. The van der Waals surface area contributed by atoms with Crippen molar-refractivity contribution in [2.45, 2.75) is 45.4 Å². The fourth-order valence-electron chi connectivity index (χ4n) is 9.44. The third-order valence-electron chi connectivity index (χ3n) is 12.6. The van der Waals surface area contributed by atoms with Gasteiger partial charge >= 0.3 is 0 Å². The summed E-state index contributed by atoms with van der Waals surface area (Å²) >= 11 is 0. The van der Waals surface area contributed by atoms with Crippen molar-refractivity contribution in [2.75, 3.05) is 4.90 Å². The summed E-state index contributed by atoms with van der Waals surface area (Å²) in [7, 11) is 0. The minimum atomic E-state index is -0.0913. The van der Waals surface area contributed by atoms with Crippen LogP contribution in [0.4, 0.5) is 17.1 Å². The normalized spacial score (nSPS) is 12.9. The molecule has 290 valence electrons. The van der Waals surface area contributed by atoms with Crippen LogP contribution in [0.1, 0.15) is 51.3 Å². The van der Waals surface area contributed by atoms with E-state index in [9.17, 15) is 0 Å². The molecule has 0 aliphatic heterocycles. The molecule has 10 rings (SSSR count). The zero-order valence-corrected chi connectivity index (χ0v) is 35.1. The van der Waals surface area contributed by atoms with Gasteiger partial charge in [0.05, 0.1) is 5.69 Å². The molecule has 0 spiro atoms. The second kappa shape index (κ2) is 14.7. The van der Waals surface area contributed by atoms with Gasteiger partial charge in [-0.2, -0.15) is 0 Å². The van der Waals surface area contributed by atoms with Crippen LogP contribution in [0.25, 0.3) is 66.4 Å². The lowest BCUT2D eigenvalue weighted by Gasteiger charge is -2.30. The standard InChI is InChI=1S/C59H49N/c1-58(2,3)46-30-27-43(28-31-46)49-34-32-47(38-52(49)41-19-10-7-11-20-41)60(48-33-35-55-53(39-48)51-25-14-15-26-54(51)59(55,4)5)56-36-29-42-21-12-13-24-50(42)57(56)45-23-16-22-44(37-45)40-17-8-6-9-18-40/h6-39H,1-5H3. The van der Waals surface area contributed by atoms with E-state index < -0.39 is 0 Å². The first-order chi connectivity index (χ1) is 29.1. The SMILES string of the molecule is CC(C)(C)c1ccc(-c2ccc(N(c3ccc4c(c3)-c3ccccc3C4(C)C)c3ccc4ccccc4c3-c3cccc(-c4ccccc4)c3)cc2-c2ccccc2)cc1. The Morgan fingerprint density at radius 3 is 1.72 bits per heavy atom. The number of benzene rings is 9. The van der Waals surface area contributed by atoms with Crippen LogP contribution in [0.5, 0.6) is 0 Å². The summed E-state index contributed by atoms with van der Waals surface area (Å²) in [4.78, 5) is 2.50. The Labute approximate surface area is 355 Å². The van der Waals surface area contributed by atoms with E-state index in [0.29, 0.717) is 0 Å². The Bertz CT molecular complexity index is 3020. The summed E-state index contributed by atoms with van der Waals surface area (Å²) in [5.74, 6) is 0. The van der Waals surface area contributed by atoms with Gasteiger partial charge in [0, 0.05) is 22.4 Å². The summed E-state index contributed by atoms with van der Waals surface area (Å²) in [5.41, 5.74) is 19.6. The van der Waals surface area contributed by atoms with Gasteiger partial charge in [-0.3, -0.25) is 0 Å². The molecule has 0 saturated carbocycles. The molecular weight excluding hydrogens is 723 g/mol. The molecule has 1 aliphatic carbocycles. The van der Waals surface area contributed by atoms with Crippen molar-refractivity contribution < 1.29 is 0 Å². The predicted molar refractivity (Wildman–Crippen MR) is 257 cm³/mol. The molecule has 0 atom stereocenters. The second-order valence-electron chi connectivity index (χ2n) is 17.8. The van der Waals surface area contributed by atoms with E-state index in [1.807, 2.05) is 0 Å². The van der Waals surface area contributed by atoms with Gasteiger partial charge in [0.25, 0.3) is 0 Å². The van der Waals surface area contributed by atoms with E-state index in [4.69, 9.17) is 0 Å². The van der Waals surface area contributed by atoms with Crippen molar-refractivity contribution in [3.63, 3.8) is 0 Å². The molecular formula is C59H49N. The van der Waals surface area contributed by atoms with Crippen LogP contribution in [0, 0.1) is 0 Å². The van der Waals surface area contributed by atoms with E-state index >= 15 is 0 Å². The van der Waals surface area contributed by atoms with E-state index in [1.165, 1.54) is 83.1 Å². The van der Waals surface area contributed by atoms with Gasteiger partial charge in [-0.15, -0.1) is 0 Å². The largest absolute Gasteiger partial charge is 0.310 e. The Morgan fingerprint density at radius 2 is 0.967 bits per heavy atom. The van der Waals surface area contributed by atoms with E-state index in [-0.39, 0.29) is 10.8 Å². The maximum Gasteiger partial charge on any atom is 0.0546 e. The van der Waals surface area contributed by atoms with Gasteiger partial charge in [-0.1, -0.05) is 204 Å². The molecule has 0 saturated heterocycles. The third kappa shape index (κ3) is 6.52. The van der Waals surface area contributed by atoms with Crippen LogP contribution in [0.15, 0.2) is 206 Å². The molecule has 0 unspecified atom stereocenters. The van der Waals surface area contributed by atoms with E-state index in [0.717, 1.165) is 17.1 Å². The topological polar surface area (TPSA) is 3.24 Å². The van der Waals surface area contributed by atoms with Crippen molar-refractivity contribution in [1.29, 1.82) is 0 Å². The first-order valence-corrected chi connectivity index (χ1v) is 21.2. The molecule has 1 heteroatoms. The average Bonchev–Trinajstić information content (AvgIpc) is 3.52. The van der Waals surface area contributed by atoms with Gasteiger partial charge in [0.1, 0.15) is 0 Å². The molecule has 0 fully saturated rings. The predicted octanol–water partition coefficient (Wildman–Crippen LogP) is 16.6. The number of rotatable bonds is 7. The van der Waals surface area contributed by atoms with Crippen molar-refractivity contribution in [2.24, 2.45) is 0 Å². The smallest absolute Gasteiger partial charge is 0.0546 e. The van der Waals surface area contributed by atoms with Crippen LogP contribution in [0.2, 0.25) is 0 Å². The summed E-state index contributed by atoms with van der Waals surface area (Å²) in [6, 6.07) is 76.4. The molecule has 60 heavy (non-hydrogen) atoms. The Balaban J connectivity index is 1.25. The average molecular weight is 772 g/mol. The van der Waals surface area contributed by atoms with Crippen LogP contribution < -0.4 is 4.90 Å². The second-order valence-corrected chi connectivity index (χ2v) is 17.8. The van der Waals surface area contributed by atoms with Gasteiger partial charge in [0.2, 0.25) is 0 Å². The van der Waals surface area contributed by atoms with E-state index in [1.54, 1.807) is 0 Å². The molecule has 0 amide bonds. The molecule has 0 N–H and O–H groups in total. The Morgan fingerprint density at radius 1 is 0.383 bits per heavy atom. The maximum absolute atomic E-state index is 2.50. The molecule has 0 radical (unpaired) electrons. The summed E-state index contributed by atoms with van der Waals surface area (Å²) in [6.07, 6.45) is 0. The summed E-state index contributed by atoms with van der Waals surface area (Å²) < 4.78 is 0. The van der Waals surface area contributed by atoms with Crippen molar-refractivity contribution in [3.8, 4) is 55.6 Å². The third-order valence-corrected chi connectivity index (χ3v) is 12.6. The van der Waals surface area contributed by atoms with Crippen molar-refractivity contribution in [3.05, 3.63) is 223 Å². The molecule has 9 aromatic carbocycles. The zero-order valence-electron chi connectivity index (χ0n) is 35.1. The monoisotopic (exact) mass is 771 g/mol. The number of fused-ring (bicyclic) bond motifs is 4. The van der Waals surface area contributed by atoms with Crippen molar-refractivity contribution >= 4 is 27.8 Å². The summed E-state index contributed by atoms with van der Waals surface area (Å²) in [5, 5.41) is 2.43. The first-order valence-electron chi connectivity index (χ1n) is 21.2. The highest BCUT2D eigenvalue weighted by Crippen LogP contribution is 2.52. The quantitative estimate of drug-likeness (QED) is 0.156. The van der Waals surface area contributed by atoms with Crippen molar-refractivity contribution in [1.82, 2.24) is 0 Å². The maximum atomic E-state index is 2.50. The number of anilines is 3. The fourth-order valence-corrected chi connectivity index (χ4v) is 9.44. The molecule has 0 aromatic heterocycles. The van der Waals surface area contributed by atoms with Crippen LogP contribution in [0.3, 0.4) is 0 Å². The highest BCUT2D eigenvalue weighted by molar-refractivity contribution is 6.06. The highest BCUT2D eigenvalue weighted by Gasteiger charge is 2.36. The molecule has 0 heterocycles. The number of nitrogens with zero attached hydrogens (tertiary/aromatic N) is 1. The van der Waals surface area contributed by atoms with Gasteiger partial charge in [-0.25, -0.2) is 0 Å². The molecule has 0 bridgehead atoms. The van der Waals surface area contributed by atoms with Crippen LogP contribution in [-0.2, 0) is 10.8 Å². The van der Waals surface area contributed by atoms with Crippen LogP contribution >= 0.6 is 0 Å². The van der Waals surface area contributed by atoms with Gasteiger partial charge in [0.15, 0.2) is 0 Å². The summed E-state index contributed by atoms with van der Waals surface area (Å²) in [6.45, 7) is 11.5. The lowest BCUT2D eigenvalue weighted by atomic mass is 9.82. The molecule has 1 aliphatic rings. The molecule has 1 nitrogen and oxygen atoms in total. The Hall–Kier alpha value is -6.96.